The largest absolute Gasteiger partial charge is 0.397 e. The maximum absolute atomic E-state index is 12.4. The number of amides is 1. The van der Waals surface area contributed by atoms with Crippen molar-refractivity contribution in [2.24, 2.45) is 7.05 Å². The molecule has 3 N–H and O–H groups in total. The topological polar surface area (TPSA) is 72.9 Å². The molecule has 0 atom stereocenters. The fourth-order valence-electron chi connectivity index (χ4n) is 2.32. The Balaban J connectivity index is 1.86. The summed E-state index contributed by atoms with van der Waals surface area (Å²) >= 11 is 3.03. The Morgan fingerprint density at radius 2 is 2.19 bits per heavy atom. The molecule has 0 saturated heterocycles. The highest BCUT2D eigenvalue weighted by Gasteiger charge is 2.20. The molecule has 7 heteroatoms. The lowest BCUT2D eigenvalue weighted by Gasteiger charge is -2.04. The van der Waals surface area contributed by atoms with Gasteiger partial charge in [0.25, 0.3) is 5.91 Å². The number of thiophene rings is 2. The summed E-state index contributed by atoms with van der Waals surface area (Å²) in [7, 11) is 1.86. The predicted molar refractivity (Wildman–Crippen MR) is 88.0 cm³/mol. The molecule has 0 aromatic carbocycles. The molecule has 3 aromatic heterocycles. The number of nitrogen functional groups attached to an aromatic ring is 1. The lowest BCUT2D eigenvalue weighted by Crippen LogP contribution is -2.22. The van der Waals surface area contributed by atoms with Crippen molar-refractivity contribution in [1.82, 2.24) is 15.1 Å². The van der Waals surface area contributed by atoms with Crippen LogP contribution in [-0.4, -0.2) is 15.7 Å². The van der Waals surface area contributed by atoms with Crippen LogP contribution in [-0.2, 0) is 13.6 Å². The van der Waals surface area contributed by atoms with Gasteiger partial charge in [-0.2, -0.15) is 16.4 Å². The maximum atomic E-state index is 12.4. The van der Waals surface area contributed by atoms with Crippen LogP contribution < -0.4 is 11.1 Å². The van der Waals surface area contributed by atoms with E-state index in [1.807, 2.05) is 20.9 Å². The maximum Gasteiger partial charge on any atom is 0.263 e. The number of anilines is 1. The molecule has 3 rings (SSSR count). The minimum atomic E-state index is -0.126. The number of carbonyl (C=O) groups excluding carboxylic acids is 1. The number of nitrogens with two attached hydrogens (primary N) is 1. The van der Waals surface area contributed by atoms with Crippen molar-refractivity contribution in [3.63, 3.8) is 0 Å². The van der Waals surface area contributed by atoms with Crippen LogP contribution in [0.4, 0.5) is 5.69 Å². The van der Waals surface area contributed by atoms with Crippen molar-refractivity contribution in [3.8, 4) is 0 Å². The third-order valence-electron chi connectivity index (χ3n) is 3.49. The van der Waals surface area contributed by atoms with Crippen LogP contribution in [0, 0.1) is 13.8 Å². The Morgan fingerprint density at radius 1 is 1.43 bits per heavy atom. The molecule has 0 aliphatic rings. The van der Waals surface area contributed by atoms with Crippen LogP contribution >= 0.6 is 22.7 Å². The number of nitrogens with one attached hydrogen (secondary N) is 1. The highest BCUT2D eigenvalue weighted by atomic mass is 32.1. The van der Waals surface area contributed by atoms with Crippen molar-refractivity contribution < 1.29 is 4.79 Å². The molecule has 0 saturated carbocycles. The highest BCUT2D eigenvalue weighted by Crippen LogP contribution is 2.35. The zero-order valence-corrected chi connectivity index (χ0v) is 13.7. The first-order chi connectivity index (χ1) is 9.99. The summed E-state index contributed by atoms with van der Waals surface area (Å²) in [6.07, 6.45) is 0. The van der Waals surface area contributed by atoms with Crippen LogP contribution in [0.15, 0.2) is 10.8 Å². The molecule has 21 heavy (non-hydrogen) atoms. The Morgan fingerprint density at radius 3 is 2.81 bits per heavy atom. The van der Waals surface area contributed by atoms with Crippen LogP contribution in [0.5, 0.6) is 0 Å². The van der Waals surface area contributed by atoms with E-state index in [2.05, 4.69) is 21.2 Å². The molecule has 0 spiro atoms. The summed E-state index contributed by atoms with van der Waals surface area (Å²) < 4.78 is 1.77. The summed E-state index contributed by atoms with van der Waals surface area (Å²) in [5.41, 5.74) is 9.86. The van der Waals surface area contributed by atoms with Gasteiger partial charge in [0, 0.05) is 13.6 Å². The van der Waals surface area contributed by atoms with E-state index in [1.54, 1.807) is 16.0 Å². The highest BCUT2D eigenvalue weighted by molar-refractivity contribution is 7.21. The van der Waals surface area contributed by atoms with Crippen molar-refractivity contribution in [3.05, 3.63) is 32.5 Å². The van der Waals surface area contributed by atoms with E-state index in [9.17, 15) is 4.79 Å². The third kappa shape index (κ3) is 2.32. The first kappa shape index (κ1) is 14.1. The van der Waals surface area contributed by atoms with E-state index in [0.717, 1.165) is 21.5 Å². The number of hydrogen-bond acceptors (Lipinski definition) is 5. The number of aryl methyl sites for hydroxylation is 3. The molecule has 0 fully saturated rings. The lowest BCUT2D eigenvalue weighted by molar-refractivity contribution is 0.0956. The Kier molecular flexibility index (Phi) is 3.46. The van der Waals surface area contributed by atoms with E-state index >= 15 is 0 Å². The second-order valence-electron chi connectivity index (χ2n) is 5.00. The first-order valence-corrected chi connectivity index (χ1v) is 8.26. The second-order valence-corrected chi connectivity index (χ2v) is 6.74. The molecule has 5 nitrogen and oxygen atoms in total. The average molecular weight is 320 g/mol. The zero-order chi connectivity index (χ0) is 15.1. The Labute approximate surface area is 130 Å². The first-order valence-electron chi connectivity index (χ1n) is 6.50. The van der Waals surface area contributed by atoms with Gasteiger partial charge in [-0.25, -0.2) is 0 Å². The minimum absolute atomic E-state index is 0.126. The molecule has 3 heterocycles. The van der Waals surface area contributed by atoms with Crippen LogP contribution in [0.2, 0.25) is 0 Å². The number of carbonyl (C=O) groups is 1. The number of hydrogen-bond donors (Lipinski definition) is 2. The molecule has 0 unspecified atom stereocenters. The summed E-state index contributed by atoms with van der Waals surface area (Å²) in [6, 6.07) is 0. The van der Waals surface area contributed by atoms with Crippen LogP contribution in [0.3, 0.4) is 0 Å². The molecule has 1 amide bonds. The summed E-state index contributed by atoms with van der Waals surface area (Å²) in [5.74, 6) is -0.126. The van der Waals surface area contributed by atoms with Gasteiger partial charge in [0.05, 0.1) is 16.8 Å². The standard InChI is InChI=1S/C14H16N4OS2/c1-7-5-20-6-9(7)4-16-13(19)12-11(15)10-8(2)17-18(3)14(10)21-12/h5-6H,4,15H2,1-3H3,(H,16,19). The van der Waals surface area contributed by atoms with E-state index in [1.165, 1.54) is 16.9 Å². The van der Waals surface area contributed by atoms with Gasteiger partial charge in [0.2, 0.25) is 0 Å². The summed E-state index contributed by atoms with van der Waals surface area (Å²) in [6.45, 7) is 4.47. The molecule has 0 aliphatic carbocycles. The fraction of sp³-hybridized carbons (Fsp3) is 0.286. The zero-order valence-electron chi connectivity index (χ0n) is 12.1. The van der Waals surface area contributed by atoms with Crippen molar-refractivity contribution in [1.29, 1.82) is 0 Å². The lowest BCUT2D eigenvalue weighted by atomic mass is 10.2. The average Bonchev–Trinajstić information content (AvgIpc) is 3.06. The Bertz CT molecular complexity index is 828. The number of rotatable bonds is 3. The van der Waals surface area contributed by atoms with Crippen LogP contribution in [0.25, 0.3) is 10.2 Å². The van der Waals surface area contributed by atoms with Gasteiger partial charge < -0.3 is 11.1 Å². The van der Waals surface area contributed by atoms with Gasteiger partial charge in [-0.05, 0) is 35.7 Å². The number of fused-ring (bicyclic) bond motifs is 1. The SMILES string of the molecule is Cc1cscc1CNC(=O)c1sc2c(c(C)nn2C)c1N. The van der Waals surface area contributed by atoms with E-state index in [0.29, 0.717) is 17.1 Å². The molecular weight excluding hydrogens is 304 g/mol. The molecule has 0 bridgehead atoms. The molecular formula is C14H16N4OS2. The fourth-order valence-corrected chi connectivity index (χ4v) is 4.28. The minimum Gasteiger partial charge on any atom is -0.397 e. The van der Waals surface area contributed by atoms with Crippen LogP contribution in [0.1, 0.15) is 26.5 Å². The smallest absolute Gasteiger partial charge is 0.263 e. The van der Waals surface area contributed by atoms with Crippen molar-refractivity contribution in [2.75, 3.05) is 5.73 Å². The van der Waals surface area contributed by atoms with Gasteiger partial charge in [-0.3, -0.25) is 9.48 Å². The molecule has 0 aliphatic heterocycles. The van der Waals surface area contributed by atoms with E-state index in [4.69, 9.17) is 5.73 Å². The normalized spacial score (nSPS) is 11.2. The summed E-state index contributed by atoms with van der Waals surface area (Å²) in [5, 5.41) is 12.3. The van der Waals surface area contributed by atoms with E-state index < -0.39 is 0 Å². The van der Waals surface area contributed by atoms with Crippen molar-refractivity contribution >= 4 is 44.5 Å². The quantitative estimate of drug-likeness (QED) is 0.779. The number of nitrogens with zero attached hydrogens (tertiary/aromatic N) is 2. The van der Waals surface area contributed by atoms with Gasteiger partial charge in [-0.1, -0.05) is 0 Å². The molecule has 0 radical (unpaired) electrons. The van der Waals surface area contributed by atoms with Gasteiger partial charge in [-0.15, -0.1) is 11.3 Å². The summed E-state index contributed by atoms with van der Waals surface area (Å²) in [4.78, 5) is 13.9. The van der Waals surface area contributed by atoms with Gasteiger partial charge in [0.15, 0.2) is 0 Å². The Hall–Kier alpha value is -1.86. The predicted octanol–water partition coefficient (Wildman–Crippen LogP) is 2.83. The van der Waals surface area contributed by atoms with Gasteiger partial charge in [0.1, 0.15) is 9.71 Å². The third-order valence-corrected chi connectivity index (χ3v) is 5.67. The van der Waals surface area contributed by atoms with Gasteiger partial charge >= 0.3 is 0 Å². The number of aromatic nitrogens is 2. The monoisotopic (exact) mass is 320 g/mol. The molecule has 110 valence electrons. The molecule has 3 aromatic rings. The second kappa shape index (κ2) is 5.16. The van der Waals surface area contributed by atoms with E-state index in [-0.39, 0.29) is 5.91 Å². The van der Waals surface area contributed by atoms with Crippen molar-refractivity contribution in [2.45, 2.75) is 20.4 Å².